The van der Waals surface area contributed by atoms with E-state index in [1.165, 1.54) is 29.5 Å². The third-order valence-electron chi connectivity index (χ3n) is 7.28. The smallest absolute Gasteiger partial charge is 0.162 e. The van der Waals surface area contributed by atoms with Crippen molar-refractivity contribution >= 4 is 5.78 Å². The second-order valence-corrected chi connectivity index (χ2v) is 9.11. The lowest BCUT2D eigenvalue weighted by Gasteiger charge is -2.36. The number of carbonyl (C=O) groups is 1. The van der Waals surface area contributed by atoms with Crippen molar-refractivity contribution in [1.82, 2.24) is 0 Å². The van der Waals surface area contributed by atoms with Crippen LogP contribution in [0, 0.1) is 12.8 Å². The third-order valence-corrected chi connectivity index (χ3v) is 7.28. The van der Waals surface area contributed by atoms with Gasteiger partial charge >= 0.3 is 0 Å². The van der Waals surface area contributed by atoms with Crippen LogP contribution in [0.1, 0.15) is 68.6 Å². The topological polar surface area (TPSA) is 26.3 Å². The molecule has 0 unspecified atom stereocenters. The first-order chi connectivity index (χ1) is 13.5. The normalized spacial score (nSPS) is 33.2. The molecule has 0 bridgehead atoms. The Bertz CT molecular complexity index is 810. The highest BCUT2D eigenvalue weighted by atomic mass is 16.5. The summed E-state index contributed by atoms with van der Waals surface area (Å²) in [6.45, 7) is 6.54. The van der Waals surface area contributed by atoms with E-state index in [1.54, 1.807) is 0 Å². The number of carbonyl (C=O) groups excluding carboxylic acids is 1. The Hall–Kier alpha value is -1.93. The van der Waals surface area contributed by atoms with Crippen molar-refractivity contribution in [3.63, 3.8) is 0 Å². The van der Waals surface area contributed by atoms with Crippen molar-refractivity contribution in [2.24, 2.45) is 5.92 Å². The Labute approximate surface area is 169 Å². The van der Waals surface area contributed by atoms with E-state index in [4.69, 9.17) is 4.74 Å². The van der Waals surface area contributed by atoms with E-state index < -0.39 is 0 Å². The maximum atomic E-state index is 13.0. The van der Waals surface area contributed by atoms with Gasteiger partial charge in [0.05, 0.1) is 6.10 Å². The van der Waals surface area contributed by atoms with Crippen LogP contribution in [0.4, 0.5) is 0 Å². The predicted molar refractivity (Wildman–Crippen MR) is 114 cm³/mol. The summed E-state index contributed by atoms with van der Waals surface area (Å²) in [5.74, 6) is 0.857. The minimum atomic E-state index is -0.291. The standard InChI is InChI=1S/C26H32O2/c1-18-13-15-21(16-14-18)26(3)17-23(27)25(19(26)2)28-24-12-8-7-11-22(24)20-9-5-4-6-10-20/h4-6,9-10,13-16,19,22,24-25H,7-8,11-12,17H2,1-3H3/t19-,22+,24-,25-,26-/m1/s1. The van der Waals surface area contributed by atoms with Crippen molar-refractivity contribution in [3.8, 4) is 0 Å². The molecule has 2 saturated carbocycles. The Morgan fingerprint density at radius 1 is 0.964 bits per heavy atom. The Morgan fingerprint density at radius 3 is 2.36 bits per heavy atom. The molecule has 2 aliphatic carbocycles. The molecular formula is C26H32O2. The van der Waals surface area contributed by atoms with Gasteiger partial charge in [-0.3, -0.25) is 4.79 Å². The molecule has 0 N–H and O–H groups in total. The van der Waals surface area contributed by atoms with Crippen LogP contribution in [0.15, 0.2) is 54.6 Å². The zero-order valence-electron chi connectivity index (χ0n) is 17.4. The van der Waals surface area contributed by atoms with E-state index in [-0.39, 0.29) is 29.3 Å². The van der Waals surface area contributed by atoms with E-state index in [0.717, 1.165) is 12.8 Å². The summed E-state index contributed by atoms with van der Waals surface area (Å²) in [5.41, 5.74) is 3.72. The minimum Gasteiger partial charge on any atom is -0.366 e. The van der Waals surface area contributed by atoms with Crippen molar-refractivity contribution in [2.45, 2.75) is 76.4 Å². The number of hydrogen-bond acceptors (Lipinski definition) is 2. The number of ketones is 1. The SMILES string of the molecule is Cc1ccc([C@]2(C)CC(=O)[C@H](O[C@@H]3CCCC[C@H]3c3ccccc3)[C@H]2C)cc1. The number of ether oxygens (including phenoxy) is 1. The first kappa shape index (κ1) is 19.4. The summed E-state index contributed by atoms with van der Waals surface area (Å²) >= 11 is 0. The fourth-order valence-electron chi connectivity index (χ4n) is 5.26. The third kappa shape index (κ3) is 3.55. The lowest BCUT2D eigenvalue weighted by Crippen LogP contribution is -2.37. The molecule has 2 heteroatoms. The van der Waals surface area contributed by atoms with E-state index in [0.29, 0.717) is 12.3 Å². The molecule has 4 rings (SSSR count). The van der Waals surface area contributed by atoms with Crippen molar-refractivity contribution in [3.05, 3.63) is 71.3 Å². The molecule has 0 heterocycles. The summed E-state index contributed by atoms with van der Waals surface area (Å²) in [5, 5.41) is 0. The molecule has 28 heavy (non-hydrogen) atoms. The molecule has 0 spiro atoms. The maximum absolute atomic E-state index is 13.0. The molecular weight excluding hydrogens is 344 g/mol. The van der Waals surface area contributed by atoms with Gasteiger partial charge in [-0.25, -0.2) is 0 Å². The lowest BCUT2D eigenvalue weighted by molar-refractivity contribution is -0.135. The van der Waals surface area contributed by atoms with Crippen molar-refractivity contribution in [1.29, 1.82) is 0 Å². The van der Waals surface area contributed by atoms with Crippen LogP contribution in [0.5, 0.6) is 0 Å². The van der Waals surface area contributed by atoms with Crippen LogP contribution in [-0.2, 0) is 14.9 Å². The second kappa shape index (κ2) is 7.83. The van der Waals surface area contributed by atoms with Gasteiger partial charge in [-0.05, 0) is 36.8 Å². The molecule has 2 fully saturated rings. The molecule has 0 radical (unpaired) electrons. The van der Waals surface area contributed by atoms with Crippen LogP contribution < -0.4 is 0 Å². The molecule has 2 aliphatic rings. The molecule has 148 valence electrons. The summed E-state index contributed by atoms with van der Waals surface area (Å²) < 4.78 is 6.63. The van der Waals surface area contributed by atoms with Crippen LogP contribution in [0.25, 0.3) is 0 Å². The predicted octanol–water partition coefficient (Wildman–Crippen LogP) is 5.97. The van der Waals surface area contributed by atoms with Crippen molar-refractivity contribution < 1.29 is 9.53 Å². The highest BCUT2D eigenvalue weighted by molar-refractivity contribution is 5.88. The van der Waals surface area contributed by atoms with Crippen molar-refractivity contribution in [2.75, 3.05) is 0 Å². The number of aryl methyl sites for hydroxylation is 1. The van der Waals surface area contributed by atoms with Crippen LogP contribution in [0.2, 0.25) is 0 Å². The average Bonchev–Trinajstić information content (AvgIpc) is 2.93. The van der Waals surface area contributed by atoms with Crippen LogP contribution >= 0.6 is 0 Å². The van der Waals surface area contributed by atoms with Gasteiger partial charge in [0.15, 0.2) is 5.78 Å². The summed E-state index contributed by atoms with van der Waals surface area (Å²) in [4.78, 5) is 13.0. The molecule has 0 saturated heterocycles. The first-order valence-electron chi connectivity index (χ1n) is 10.8. The highest BCUT2D eigenvalue weighted by Crippen LogP contribution is 2.46. The van der Waals surface area contributed by atoms with Gasteiger partial charge in [0, 0.05) is 17.8 Å². The molecule has 0 aromatic heterocycles. The van der Waals surface area contributed by atoms with Gasteiger partial charge in [-0.15, -0.1) is 0 Å². The van der Waals surface area contributed by atoms with Gasteiger partial charge in [-0.2, -0.15) is 0 Å². The highest BCUT2D eigenvalue weighted by Gasteiger charge is 2.50. The summed E-state index contributed by atoms with van der Waals surface area (Å²) in [6.07, 6.45) is 5.07. The Balaban J connectivity index is 1.55. The number of hydrogen-bond donors (Lipinski definition) is 0. The Kier molecular flexibility index (Phi) is 5.42. The van der Waals surface area contributed by atoms with Gasteiger partial charge in [0.1, 0.15) is 6.10 Å². The quantitative estimate of drug-likeness (QED) is 0.657. The van der Waals surface area contributed by atoms with E-state index >= 15 is 0 Å². The number of benzene rings is 2. The fraction of sp³-hybridized carbons (Fsp3) is 0.500. The lowest BCUT2D eigenvalue weighted by atomic mass is 9.74. The molecule has 0 amide bonds. The molecule has 2 nitrogen and oxygen atoms in total. The Morgan fingerprint density at radius 2 is 1.64 bits per heavy atom. The van der Waals surface area contributed by atoms with E-state index in [1.807, 2.05) is 0 Å². The average molecular weight is 377 g/mol. The molecule has 5 atom stereocenters. The molecule has 0 aliphatic heterocycles. The van der Waals surface area contributed by atoms with Crippen LogP contribution in [0.3, 0.4) is 0 Å². The van der Waals surface area contributed by atoms with Gasteiger partial charge in [0.25, 0.3) is 0 Å². The summed E-state index contributed by atoms with van der Waals surface area (Å²) in [6, 6.07) is 19.4. The molecule has 2 aromatic rings. The minimum absolute atomic E-state index is 0.146. The zero-order valence-corrected chi connectivity index (χ0v) is 17.4. The zero-order chi connectivity index (χ0) is 19.7. The number of rotatable bonds is 4. The largest absolute Gasteiger partial charge is 0.366 e. The van der Waals surface area contributed by atoms with E-state index in [2.05, 4.69) is 75.4 Å². The molecule has 2 aromatic carbocycles. The van der Waals surface area contributed by atoms with Gasteiger partial charge in [0.2, 0.25) is 0 Å². The maximum Gasteiger partial charge on any atom is 0.162 e. The fourth-order valence-corrected chi connectivity index (χ4v) is 5.26. The first-order valence-corrected chi connectivity index (χ1v) is 10.8. The number of Topliss-reactive ketones (excluding diaryl/α,β-unsaturated/α-hetero) is 1. The van der Waals surface area contributed by atoms with Gasteiger partial charge in [-0.1, -0.05) is 86.8 Å². The van der Waals surface area contributed by atoms with Gasteiger partial charge < -0.3 is 4.74 Å². The summed E-state index contributed by atoms with van der Waals surface area (Å²) in [7, 11) is 0. The monoisotopic (exact) mass is 376 g/mol. The van der Waals surface area contributed by atoms with E-state index in [9.17, 15) is 4.79 Å². The van der Waals surface area contributed by atoms with Crippen LogP contribution in [-0.4, -0.2) is 18.0 Å². The second-order valence-electron chi connectivity index (χ2n) is 9.11.